The van der Waals surface area contributed by atoms with E-state index in [1.54, 1.807) is 27.2 Å². The lowest BCUT2D eigenvalue weighted by Crippen LogP contribution is -2.28. The minimum absolute atomic E-state index is 0.278. The number of benzene rings is 5. The molecular formula is C63H67NS. The Morgan fingerprint density at radius 1 is 0.723 bits per heavy atom. The first-order valence-corrected chi connectivity index (χ1v) is 25.0. The number of hydrogen-bond donors (Lipinski definition) is 0. The van der Waals surface area contributed by atoms with Gasteiger partial charge in [-0.05, 0) is 162 Å². The fourth-order valence-electron chi connectivity index (χ4n) is 10.4. The number of hydrogen-bond acceptors (Lipinski definition) is 2. The summed E-state index contributed by atoms with van der Waals surface area (Å²) in [7, 11) is 0. The Morgan fingerprint density at radius 2 is 1.43 bits per heavy atom. The summed E-state index contributed by atoms with van der Waals surface area (Å²) in [6.07, 6.45) is 23.4. The molecule has 2 aliphatic carbocycles. The average molecular weight is 870 g/mol. The lowest BCUT2D eigenvalue weighted by atomic mass is 9.77. The number of thioether (sulfide) groups is 1. The molecule has 0 saturated carbocycles. The van der Waals surface area contributed by atoms with Gasteiger partial charge in [-0.2, -0.15) is 0 Å². The summed E-state index contributed by atoms with van der Waals surface area (Å²) >= 11 is 2.15. The lowest BCUT2D eigenvalue weighted by Gasteiger charge is -2.34. The standard InChI is InChI=1S/C63H67NS/c1-9-13-24-51(57-29-18-17-22-44(57)6)32-31-48-33-39-55(41-45(48)7)64(54-37-34-50(35-38-54)53-28-20-27-52(42-53)49-25-15-14-16-26-49)60(21-10-2)62-46(8)58-40-36-47(11-3)61(63(58)65-62)59-30-19-23-43(5)56(59)12-4/h9,13-22,24-30,32-35,37-39,41-43,46,62H,1,10-12,23,31,36,40H2,2-8H3/b24-13-,51-32+,60-21+. The number of rotatable bonds is 15. The van der Waals surface area contributed by atoms with E-state index in [4.69, 9.17) is 0 Å². The maximum atomic E-state index is 3.96. The van der Waals surface area contributed by atoms with Gasteiger partial charge in [0, 0.05) is 22.0 Å². The molecule has 0 N–H and O–H groups in total. The Kier molecular flexibility index (Phi) is 14.8. The predicted molar refractivity (Wildman–Crippen MR) is 286 cm³/mol. The first-order chi connectivity index (χ1) is 31.7. The Hall–Kier alpha value is -5.83. The van der Waals surface area contributed by atoms with Gasteiger partial charge < -0.3 is 4.90 Å². The second-order valence-corrected chi connectivity index (χ2v) is 19.2. The first-order valence-electron chi connectivity index (χ1n) is 24.2. The van der Waals surface area contributed by atoms with Crippen molar-refractivity contribution in [1.29, 1.82) is 0 Å². The largest absolute Gasteiger partial charge is 0.313 e. The number of allylic oxidation sites excluding steroid dienone is 13. The van der Waals surface area contributed by atoms with Crippen LogP contribution in [-0.4, -0.2) is 5.25 Å². The van der Waals surface area contributed by atoms with Gasteiger partial charge >= 0.3 is 0 Å². The molecular weight excluding hydrogens is 803 g/mol. The van der Waals surface area contributed by atoms with Crippen LogP contribution in [0, 0.1) is 25.7 Å². The zero-order chi connectivity index (χ0) is 45.5. The van der Waals surface area contributed by atoms with Crippen LogP contribution in [-0.2, 0) is 6.42 Å². The van der Waals surface area contributed by atoms with Gasteiger partial charge in [0.25, 0.3) is 0 Å². The molecule has 0 aromatic heterocycles. The SMILES string of the molecule is C=C/C=C\C(=C/Cc1ccc(N(/C(=C/CC)C2SC3=C(CCC(CC)=C3C3=C(CC)C(C)CC=C3)C2C)c2ccc(-c3cccc(-c4ccccc4)c3)cc2)cc1C)c1ccccc1C. The summed E-state index contributed by atoms with van der Waals surface area (Å²) in [5.74, 6) is 0.999. The van der Waals surface area contributed by atoms with Crippen LogP contribution in [0.25, 0.3) is 27.8 Å². The maximum Gasteiger partial charge on any atom is 0.0561 e. The topological polar surface area (TPSA) is 3.24 Å². The summed E-state index contributed by atoms with van der Waals surface area (Å²) in [6.45, 7) is 20.4. The Labute approximate surface area is 395 Å². The molecule has 5 aromatic carbocycles. The van der Waals surface area contributed by atoms with Gasteiger partial charge in [-0.25, -0.2) is 0 Å². The van der Waals surface area contributed by atoms with Crippen molar-refractivity contribution in [2.45, 2.75) is 98.7 Å². The van der Waals surface area contributed by atoms with E-state index in [0.29, 0.717) is 11.8 Å². The highest BCUT2D eigenvalue weighted by Crippen LogP contribution is 2.57. The summed E-state index contributed by atoms with van der Waals surface area (Å²) in [5.41, 5.74) is 23.1. The zero-order valence-electron chi connectivity index (χ0n) is 39.8. The van der Waals surface area contributed by atoms with Crippen molar-refractivity contribution in [3.8, 4) is 22.3 Å². The van der Waals surface area contributed by atoms with Gasteiger partial charge in [0.2, 0.25) is 0 Å². The molecule has 8 rings (SSSR count). The van der Waals surface area contributed by atoms with Crippen molar-refractivity contribution in [3.63, 3.8) is 0 Å². The van der Waals surface area contributed by atoms with E-state index in [1.165, 1.54) is 79.1 Å². The molecule has 0 saturated heterocycles. The Balaban J connectivity index is 1.20. The van der Waals surface area contributed by atoms with Gasteiger partial charge in [-0.3, -0.25) is 0 Å². The molecule has 330 valence electrons. The van der Waals surface area contributed by atoms with Crippen LogP contribution in [0.5, 0.6) is 0 Å². The molecule has 0 amide bonds. The van der Waals surface area contributed by atoms with Crippen LogP contribution in [0.3, 0.4) is 0 Å². The molecule has 3 atom stereocenters. The van der Waals surface area contributed by atoms with Gasteiger partial charge in [-0.1, -0.05) is 191 Å². The molecule has 1 heterocycles. The third kappa shape index (κ3) is 9.75. The second kappa shape index (κ2) is 21.0. The van der Waals surface area contributed by atoms with Crippen molar-refractivity contribution >= 4 is 28.7 Å². The molecule has 0 spiro atoms. The van der Waals surface area contributed by atoms with Crippen molar-refractivity contribution in [3.05, 3.63) is 231 Å². The van der Waals surface area contributed by atoms with Gasteiger partial charge in [0.1, 0.15) is 0 Å². The molecule has 5 aromatic rings. The van der Waals surface area contributed by atoms with E-state index in [1.807, 2.05) is 12.2 Å². The lowest BCUT2D eigenvalue weighted by molar-refractivity contribution is 0.637. The second-order valence-electron chi connectivity index (χ2n) is 18.1. The molecule has 2 heteroatoms. The number of nitrogens with zero attached hydrogens (tertiary/aromatic N) is 1. The van der Waals surface area contributed by atoms with E-state index >= 15 is 0 Å². The van der Waals surface area contributed by atoms with Gasteiger partial charge in [0.05, 0.1) is 5.25 Å². The quantitative estimate of drug-likeness (QED) is 0.0965. The van der Waals surface area contributed by atoms with Crippen LogP contribution >= 0.6 is 11.8 Å². The fourth-order valence-corrected chi connectivity index (χ4v) is 12.2. The molecule has 65 heavy (non-hydrogen) atoms. The molecule has 1 aliphatic heterocycles. The van der Waals surface area contributed by atoms with Crippen molar-refractivity contribution < 1.29 is 0 Å². The summed E-state index contributed by atoms with van der Waals surface area (Å²) in [4.78, 5) is 4.16. The van der Waals surface area contributed by atoms with Crippen molar-refractivity contribution in [1.82, 2.24) is 0 Å². The molecule has 0 fully saturated rings. The van der Waals surface area contributed by atoms with E-state index in [9.17, 15) is 0 Å². The van der Waals surface area contributed by atoms with Gasteiger partial charge in [0.15, 0.2) is 0 Å². The third-order valence-corrected chi connectivity index (χ3v) is 15.6. The number of anilines is 2. The Bertz CT molecular complexity index is 2750. The minimum Gasteiger partial charge on any atom is -0.313 e. The van der Waals surface area contributed by atoms with E-state index in [-0.39, 0.29) is 5.25 Å². The minimum atomic E-state index is 0.278. The fraction of sp³-hybridized carbons (Fsp3) is 0.270. The van der Waals surface area contributed by atoms with Crippen LogP contribution in [0.4, 0.5) is 11.4 Å². The molecule has 0 radical (unpaired) electrons. The highest BCUT2D eigenvalue weighted by Gasteiger charge is 2.41. The van der Waals surface area contributed by atoms with Crippen LogP contribution in [0.2, 0.25) is 0 Å². The van der Waals surface area contributed by atoms with Crippen LogP contribution in [0.15, 0.2) is 209 Å². The summed E-state index contributed by atoms with van der Waals surface area (Å²) < 4.78 is 0. The van der Waals surface area contributed by atoms with E-state index in [0.717, 1.165) is 38.5 Å². The zero-order valence-corrected chi connectivity index (χ0v) is 40.6. The molecule has 0 bridgehead atoms. The van der Waals surface area contributed by atoms with E-state index in [2.05, 4.69) is 223 Å². The smallest absolute Gasteiger partial charge is 0.0561 e. The molecule has 3 unspecified atom stereocenters. The predicted octanol–water partition coefficient (Wildman–Crippen LogP) is 18.2. The van der Waals surface area contributed by atoms with Crippen LogP contribution < -0.4 is 4.90 Å². The molecule has 1 nitrogen and oxygen atoms in total. The summed E-state index contributed by atoms with van der Waals surface area (Å²) in [6, 6.07) is 44.8. The average Bonchev–Trinajstić information content (AvgIpc) is 3.67. The highest BCUT2D eigenvalue weighted by molar-refractivity contribution is 8.04. The normalized spacial score (nSPS) is 19.1. The maximum absolute atomic E-state index is 3.96. The number of aryl methyl sites for hydroxylation is 2. The van der Waals surface area contributed by atoms with Gasteiger partial charge in [-0.15, -0.1) is 11.8 Å². The van der Waals surface area contributed by atoms with E-state index < -0.39 is 0 Å². The monoisotopic (exact) mass is 869 g/mol. The molecule has 3 aliphatic rings. The summed E-state index contributed by atoms with van der Waals surface area (Å²) in [5, 5.41) is 0.278. The third-order valence-electron chi connectivity index (χ3n) is 14.0. The Morgan fingerprint density at radius 3 is 2.12 bits per heavy atom. The highest BCUT2D eigenvalue weighted by atomic mass is 32.2. The first kappa shape index (κ1) is 45.7. The van der Waals surface area contributed by atoms with Crippen LogP contribution in [0.1, 0.15) is 95.4 Å². The van der Waals surface area contributed by atoms with Crippen molar-refractivity contribution in [2.75, 3.05) is 4.90 Å². The van der Waals surface area contributed by atoms with Crippen molar-refractivity contribution in [2.24, 2.45) is 11.8 Å².